The SMILES string of the molecule is COc1cccc(C(CO)NCC2CCCO2)c1OC. The van der Waals surface area contributed by atoms with Crippen molar-refractivity contribution in [2.75, 3.05) is 34.0 Å². The summed E-state index contributed by atoms with van der Waals surface area (Å²) < 4.78 is 16.3. The average Bonchev–Trinajstić information content (AvgIpc) is 3.00. The van der Waals surface area contributed by atoms with Crippen LogP contribution in [0, 0.1) is 0 Å². The third-order valence-corrected chi connectivity index (χ3v) is 3.61. The van der Waals surface area contributed by atoms with Gasteiger partial charge >= 0.3 is 0 Å². The molecule has 20 heavy (non-hydrogen) atoms. The maximum Gasteiger partial charge on any atom is 0.165 e. The summed E-state index contributed by atoms with van der Waals surface area (Å²) in [4.78, 5) is 0. The van der Waals surface area contributed by atoms with Crippen LogP contribution in [-0.2, 0) is 4.74 Å². The third-order valence-electron chi connectivity index (χ3n) is 3.61. The number of benzene rings is 1. The van der Waals surface area contributed by atoms with Crippen molar-refractivity contribution < 1.29 is 19.3 Å². The number of rotatable bonds is 7. The normalized spacial score (nSPS) is 19.9. The first-order chi connectivity index (χ1) is 9.80. The van der Waals surface area contributed by atoms with Crippen LogP contribution in [0.1, 0.15) is 24.4 Å². The van der Waals surface area contributed by atoms with Gasteiger partial charge in [0.25, 0.3) is 0 Å². The Morgan fingerprint density at radius 3 is 2.85 bits per heavy atom. The van der Waals surface area contributed by atoms with E-state index in [0.717, 1.165) is 31.6 Å². The first-order valence-corrected chi connectivity index (χ1v) is 6.97. The Morgan fingerprint density at radius 2 is 2.25 bits per heavy atom. The lowest BCUT2D eigenvalue weighted by molar-refractivity contribution is 0.103. The summed E-state index contributed by atoms with van der Waals surface area (Å²) in [5, 5.41) is 13.0. The molecule has 5 heteroatoms. The molecule has 5 nitrogen and oxygen atoms in total. The molecule has 1 aliphatic heterocycles. The molecule has 0 bridgehead atoms. The summed E-state index contributed by atoms with van der Waals surface area (Å²) in [7, 11) is 3.21. The van der Waals surface area contributed by atoms with Gasteiger partial charge in [0, 0.05) is 18.7 Å². The molecule has 0 saturated carbocycles. The summed E-state index contributed by atoms with van der Waals surface area (Å²) >= 11 is 0. The van der Waals surface area contributed by atoms with Crippen LogP contribution in [0.15, 0.2) is 18.2 Å². The van der Waals surface area contributed by atoms with Crippen molar-refractivity contribution in [3.8, 4) is 11.5 Å². The predicted octanol–water partition coefficient (Wildman–Crippen LogP) is 1.51. The molecule has 0 amide bonds. The summed E-state index contributed by atoms with van der Waals surface area (Å²) in [6.07, 6.45) is 2.42. The first-order valence-electron chi connectivity index (χ1n) is 6.97. The van der Waals surface area contributed by atoms with E-state index in [1.165, 1.54) is 0 Å². The average molecular weight is 281 g/mol. The number of hydrogen-bond donors (Lipinski definition) is 2. The van der Waals surface area contributed by atoms with Crippen molar-refractivity contribution in [2.24, 2.45) is 0 Å². The molecule has 1 heterocycles. The topological polar surface area (TPSA) is 60.0 Å². The minimum atomic E-state index is -0.191. The van der Waals surface area contributed by atoms with Crippen LogP contribution in [0.25, 0.3) is 0 Å². The van der Waals surface area contributed by atoms with Gasteiger partial charge in [-0.2, -0.15) is 0 Å². The zero-order chi connectivity index (χ0) is 14.4. The second kappa shape index (κ2) is 7.47. The molecule has 0 aromatic heterocycles. The number of aliphatic hydroxyl groups excluding tert-OH is 1. The predicted molar refractivity (Wildman–Crippen MR) is 76.3 cm³/mol. The molecule has 2 unspecified atom stereocenters. The van der Waals surface area contributed by atoms with E-state index in [2.05, 4.69) is 5.32 Å². The van der Waals surface area contributed by atoms with Crippen molar-refractivity contribution in [3.63, 3.8) is 0 Å². The molecule has 0 radical (unpaired) electrons. The number of nitrogens with one attached hydrogen (secondary N) is 1. The Hall–Kier alpha value is -1.30. The van der Waals surface area contributed by atoms with E-state index >= 15 is 0 Å². The number of ether oxygens (including phenoxy) is 3. The van der Waals surface area contributed by atoms with Gasteiger partial charge in [0.05, 0.1) is 33.0 Å². The lowest BCUT2D eigenvalue weighted by Crippen LogP contribution is -2.32. The highest BCUT2D eigenvalue weighted by Crippen LogP contribution is 2.34. The summed E-state index contributed by atoms with van der Waals surface area (Å²) in [6, 6.07) is 5.48. The van der Waals surface area contributed by atoms with E-state index in [0.29, 0.717) is 11.5 Å². The number of methoxy groups -OCH3 is 2. The van der Waals surface area contributed by atoms with E-state index in [4.69, 9.17) is 14.2 Å². The van der Waals surface area contributed by atoms with Crippen molar-refractivity contribution in [1.82, 2.24) is 5.32 Å². The van der Waals surface area contributed by atoms with E-state index in [1.54, 1.807) is 14.2 Å². The minimum Gasteiger partial charge on any atom is -0.493 e. The molecule has 112 valence electrons. The number of para-hydroxylation sites is 1. The fourth-order valence-corrected chi connectivity index (χ4v) is 2.54. The van der Waals surface area contributed by atoms with Crippen LogP contribution in [0.4, 0.5) is 0 Å². The van der Waals surface area contributed by atoms with Gasteiger partial charge in [-0.05, 0) is 18.9 Å². The molecule has 1 saturated heterocycles. The zero-order valence-electron chi connectivity index (χ0n) is 12.1. The maximum atomic E-state index is 9.64. The van der Waals surface area contributed by atoms with Gasteiger partial charge in [0.15, 0.2) is 11.5 Å². The molecular weight excluding hydrogens is 258 g/mol. The minimum absolute atomic E-state index is 0.00372. The highest BCUT2D eigenvalue weighted by molar-refractivity contribution is 5.48. The Labute approximate surface area is 119 Å². The fourth-order valence-electron chi connectivity index (χ4n) is 2.54. The third kappa shape index (κ3) is 3.42. The standard InChI is InChI=1S/C15H23NO4/c1-18-14-7-3-6-12(15(14)19-2)13(10-17)16-9-11-5-4-8-20-11/h3,6-7,11,13,16-17H,4-5,8-10H2,1-2H3. The molecule has 1 aliphatic rings. The molecular formula is C15H23NO4. The molecule has 2 N–H and O–H groups in total. The van der Waals surface area contributed by atoms with Crippen LogP contribution < -0.4 is 14.8 Å². The second-order valence-corrected chi connectivity index (χ2v) is 4.86. The van der Waals surface area contributed by atoms with Gasteiger partial charge in [-0.1, -0.05) is 12.1 Å². The van der Waals surface area contributed by atoms with Crippen LogP contribution >= 0.6 is 0 Å². The fraction of sp³-hybridized carbons (Fsp3) is 0.600. The van der Waals surface area contributed by atoms with Gasteiger partial charge in [-0.25, -0.2) is 0 Å². The second-order valence-electron chi connectivity index (χ2n) is 4.86. The smallest absolute Gasteiger partial charge is 0.165 e. The van der Waals surface area contributed by atoms with Gasteiger partial charge < -0.3 is 24.6 Å². The van der Waals surface area contributed by atoms with Gasteiger partial charge in [0.2, 0.25) is 0 Å². The first kappa shape index (κ1) is 15.1. The van der Waals surface area contributed by atoms with E-state index in [1.807, 2.05) is 18.2 Å². The lowest BCUT2D eigenvalue weighted by atomic mass is 10.1. The van der Waals surface area contributed by atoms with Crippen molar-refractivity contribution in [1.29, 1.82) is 0 Å². The van der Waals surface area contributed by atoms with Crippen molar-refractivity contribution in [2.45, 2.75) is 25.0 Å². The Kier molecular flexibility index (Phi) is 5.64. The molecule has 2 rings (SSSR count). The maximum absolute atomic E-state index is 9.64. The number of hydrogen-bond acceptors (Lipinski definition) is 5. The van der Waals surface area contributed by atoms with E-state index < -0.39 is 0 Å². The van der Waals surface area contributed by atoms with Crippen molar-refractivity contribution >= 4 is 0 Å². The molecule has 1 aromatic carbocycles. The Bertz CT molecular complexity index is 418. The molecule has 0 spiro atoms. The van der Waals surface area contributed by atoms with Gasteiger partial charge in [-0.15, -0.1) is 0 Å². The monoisotopic (exact) mass is 281 g/mol. The van der Waals surface area contributed by atoms with E-state index in [-0.39, 0.29) is 18.8 Å². The van der Waals surface area contributed by atoms with Crippen LogP contribution in [0.5, 0.6) is 11.5 Å². The quantitative estimate of drug-likeness (QED) is 0.793. The van der Waals surface area contributed by atoms with E-state index in [9.17, 15) is 5.11 Å². The highest BCUT2D eigenvalue weighted by atomic mass is 16.5. The lowest BCUT2D eigenvalue weighted by Gasteiger charge is -2.22. The van der Waals surface area contributed by atoms with Crippen LogP contribution in [0.2, 0.25) is 0 Å². The Balaban J connectivity index is 2.09. The van der Waals surface area contributed by atoms with Crippen molar-refractivity contribution in [3.05, 3.63) is 23.8 Å². The van der Waals surface area contributed by atoms with Crippen LogP contribution in [-0.4, -0.2) is 45.2 Å². The molecule has 1 aromatic rings. The summed E-state index contributed by atoms with van der Waals surface area (Å²) in [5.41, 5.74) is 0.896. The van der Waals surface area contributed by atoms with Gasteiger partial charge in [-0.3, -0.25) is 0 Å². The summed E-state index contributed by atoms with van der Waals surface area (Å²) in [6.45, 7) is 1.56. The Morgan fingerprint density at radius 1 is 1.40 bits per heavy atom. The molecule has 1 fully saturated rings. The molecule has 0 aliphatic carbocycles. The zero-order valence-corrected chi connectivity index (χ0v) is 12.1. The largest absolute Gasteiger partial charge is 0.493 e. The number of aliphatic hydroxyl groups is 1. The molecule has 2 atom stereocenters. The highest BCUT2D eigenvalue weighted by Gasteiger charge is 2.21. The van der Waals surface area contributed by atoms with Crippen LogP contribution in [0.3, 0.4) is 0 Å². The summed E-state index contributed by atoms with van der Waals surface area (Å²) in [5.74, 6) is 1.33. The van der Waals surface area contributed by atoms with Gasteiger partial charge in [0.1, 0.15) is 0 Å².